The average molecular weight is 353 g/mol. The molecular formula is C18H23N7O. The molecule has 2 aromatic heterocycles. The van der Waals surface area contributed by atoms with Crippen LogP contribution in [0, 0.1) is 11.3 Å². The van der Waals surface area contributed by atoms with Gasteiger partial charge in [-0.2, -0.15) is 10.4 Å². The summed E-state index contributed by atoms with van der Waals surface area (Å²) < 4.78 is 1.53. The van der Waals surface area contributed by atoms with Gasteiger partial charge in [-0.25, -0.2) is 14.6 Å². The number of hydrogen-bond acceptors (Lipinski definition) is 7. The predicted molar refractivity (Wildman–Crippen MR) is 99.1 cm³/mol. The number of nitrogens with zero attached hydrogens (tertiary/aromatic N) is 6. The molecule has 0 spiro atoms. The summed E-state index contributed by atoms with van der Waals surface area (Å²) >= 11 is 0. The molecule has 8 heteroatoms. The minimum atomic E-state index is -0.0803. The molecule has 0 bridgehead atoms. The van der Waals surface area contributed by atoms with Crippen LogP contribution in [-0.4, -0.2) is 38.9 Å². The van der Waals surface area contributed by atoms with E-state index < -0.39 is 0 Å². The third-order valence-electron chi connectivity index (χ3n) is 4.51. The molecule has 1 atom stereocenters. The van der Waals surface area contributed by atoms with Crippen molar-refractivity contribution in [3.63, 3.8) is 0 Å². The molecule has 136 valence electrons. The molecule has 1 unspecified atom stereocenters. The van der Waals surface area contributed by atoms with E-state index in [1.807, 2.05) is 19.9 Å². The van der Waals surface area contributed by atoms with Crippen molar-refractivity contribution in [2.24, 2.45) is 0 Å². The molecule has 1 N–H and O–H groups in total. The average Bonchev–Trinajstić information content (AvgIpc) is 2.67. The lowest BCUT2D eigenvalue weighted by Gasteiger charge is -2.37. The minimum absolute atomic E-state index is 0.0257. The first-order valence-corrected chi connectivity index (χ1v) is 8.91. The van der Waals surface area contributed by atoms with Crippen LogP contribution in [0.5, 0.6) is 0 Å². The summed E-state index contributed by atoms with van der Waals surface area (Å²) in [4.78, 5) is 22.5. The van der Waals surface area contributed by atoms with E-state index in [2.05, 4.69) is 25.3 Å². The summed E-state index contributed by atoms with van der Waals surface area (Å²) in [6.07, 6.45) is 6.34. The molecule has 0 amide bonds. The first-order chi connectivity index (χ1) is 12.6. The summed E-state index contributed by atoms with van der Waals surface area (Å²) in [7, 11) is 0. The van der Waals surface area contributed by atoms with Crippen LogP contribution in [0.2, 0.25) is 0 Å². The number of nitriles is 1. The van der Waals surface area contributed by atoms with Crippen molar-refractivity contribution in [3.8, 4) is 6.07 Å². The maximum atomic E-state index is 12.0. The molecule has 0 aromatic carbocycles. The van der Waals surface area contributed by atoms with E-state index in [4.69, 9.17) is 5.26 Å². The zero-order valence-corrected chi connectivity index (χ0v) is 15.1. The topological polar surface area (TPSA) is 99.7 Å². The van der Waals surface area contributed by atoms with Gasteiger partial charge in [0.1, 0.15) is 17.7 Å². The molecule has 1 saturated heterocycles. The highest BCUT2D eigenvalue weighted by molar-refractivity contribution is 5.41. The first-order valence-electron chi connectivity index (χ1n) is 8.91. The van der Waals surface area contributed by atoms with Gasteiger partial charge in [-0.15, -0.1) is 0 Å². The van der Waals surface area contributed by atoms with Crippen LogP contribution in [0.1, 0.15) is 44.8 Å². The van der Waals surface area contributed by atoms with E-state index in [1.54, 1.807) is 18.3 Å². The van der Waals surface area contributed by atoms with Gasteiger partial charge < -0.3 is 10.2 Å². The number of piperidine rings is 1. The molecule has 26 heavy (non-hydrogen) atoms. The van der Waals surface area contributed by atoms with Gasteiger partial charge in [0.05, 0.1) is 18.4 Å². The Hall–Kier alpha value is -2.95. The fourth-order valence-electron chi connectivity index (χ4n) is 3.15. The molecule has 0 radical (unpaired) electrons. The van der Waals surface area contributed by atoms with Gasteiger partial charge in [-0.05, 0) is 39.2 Å². The highest BCUT2D eigenvalue weighted by atomic mass is 16.1. The van der Waals surface area contributed by atoms with E-state index in [0.29, 0.717) is 18.1 Å². The maximum Gasteiger partial charge on any atom is 0.267 e. The van der Waals surface area contributed by atoms with Gasteiger partial charge in [-0.3, -0.25) is 4.79 Å². The van der Waals surface area contributed by atoms with Crippen LogP contribution >= 0.6 is 0 Å². The van der Waals surface area contributed by atoms with E-state index in [1.165, 1.54) is 10.9 Å². The molecule has 0 aliphatic carbocycles. The highest BCUT2D eigenvalue weighted by Crippen LogP contribution is 2.23. The Morgan fingerprint density at radius 1 is 1.31 bits per heavy atom. The normalized spacial score (nSPS) is 17.2. The number of aromatic nitrogens is 4. The maximum absolute atomic E-state index is 12.0. The van der Waals surface area contributed by atoms with Crippen LogP contribution in [0.3, 0.4) is 0 Å². The van der Waals surface area contributed by atoms with Crippen molar-refractivity contribution in [3.05, 3.63) is 40.6 Å². The Morgan fingerprint density at radius 3 is 2.85 bits per heavy atom. The van der Waals surface area contributed by atoms with Gasteiger partial charge >= 0.3 is 0 Å². The standard InChI is InChI=1S/C18H23N7O/c1-13(2)25-18(26)7-6-17(23-25)24-8-4-3-5-15(24)11-22-16-12-20-14(9-19)10-21-16/h6-7,10,12-13,15H,3-5,8,11H2,1-2H3,(H,21,22). The van der Waals surface area contributed by atoms with Crippen LogP contribution < -0.4 is 15.8 Å². The molecule has 1 fully saturated rings. The second-order valence-corrected chi connectivity index (χ2v) is 6.69. The van der Waals surface area contributed by atoms with Crippen molar-refractivity contribution in [1.29, 1.82) is 5.26 Å². The summed E-state index contributed by atoms with van der Waals surface area (Å²) in [6.45, 7) is 5.52. The Labute approximate surface area is 152 Å². The lowest BCUT2D eigenvalue weighted by atomic mass is 10.0. The number of anilines is 2. The number of rotatable bonds is 5. The van der Waals surface area contributed by atoms with E-state index >= 15 is 0 Å². The fraction of sp³-hybridized carbons (Fsp3) is 0.500. The van der Waals surface area contributed by atoms with Gasteiger partial charge in [0, 0.05) is 25.2 Å². The zero-order chi connectivity index (χ0) is 18.5. The highest BCUT2D eigenvalue weighted by Gasteiger charge is 2.24. The Kier molecular flexibility index (Phi) is 5.46. The Balaban J connectivity index is 1.74. The molecule has 8 nitrogen and oxygen atoms in total. The predicted octanol–water partition coefficient (Wildman–Crippen LogP) is 1.96. The minimum Gasteiger partial charge on any atom is -0.367 e. The van der Waals surface area contributed by atoms with E-state index in [9.17, 15) is 4.79 Å². The van der Waals surface area contributed by atoms with Gasteiger partial charge in [0.2, 0.25) is 0 Å². The fourth-order valence-corrected chi connectivity index (χ4v) is 3.15. The lowest BCUT2D eigenvalue weighted by molar-refractivity contribution is 0.451. The lowest BCUT2D eigenvalue weighted by Crippen LogP contribution is -2.45. The largest absolute Gasteiger partial charge is 0.367 e. The van der Waals surface area contributed by atoms with Crippen LogP contribution in [-0.2, 0) is 0 Å². The van der Waals surface area contributed by atoms with Crippen molar-refractivity contribution < 1.29 is 0 Å². The van der Waals surface area contributed by atoms with Crippen molar-refractivity contribution in [1.82, 2.24) is 19.7 Å². The van der Waals surface area contributed by atoms with Gasteiger partial charge in [-0.1, -0.05) is 0 Å². The second-order valence-electron chi connectivity index (χ2n) is 6.69. The van der Waals surface area contributed by atoms with Gasteiger partial charge in [0.25, 0.3) is 5.56 Å². The third-order valence-corrected chi connectivity index (χ3v) is 4.51. The number of nitrogens with one attached hydrogen (secondary N) is 1. The van der Waals surface area contributed by atoms with Crippen molar-refractivity contribution in [2.75, 3.05) is 23.3 Å². The number of hydrogen-bond donors (Lipinski definition) is 1. The van der Waals surface area contributed by atoms with Crippen molar-refractivity contribution >= 4 is 11.6 Å². The molecule has 1 aliphatic heterocycles. The summed E-state index contributed by atoms with van der Waals surface area (Å²) in [5, 5.41) is 16.6. The van der Waals surface area contributed by atoms with Crippen molar-refractivity contribution in [2.45, 2.75) is 45.2 Å². The van der Waals surface area contributed by atoms with Crippen LogP contribution in [0.15, 0.2) is 29.3 Å². The van der Waals surface area contributed by atoms with Crippen LogP contribution in [0.4, 0.5) is 11.6 Å². The van der Waals surface area contributed by atoms with E-state index in [-0.39, 0.29) is 17.6 Å². The smallest absolute Gasteiger partial charge is 0.267 e. The monoisotopic (exact) mass is 353 g/mol. The molecule has 3 rings (SSSR count). The summed E-state index contributed by atoms with van der Waals surface area (Å²) in [5.41, 5.74) is 0.221. The second kappa shape index (κ2) is 7.95. The quantitative estimate of drug-likeness (QED) is 0.877. The molecule has 3 heterocycles. The molecule has 2 aromatic rings. The SMILES string of the molecule is CC(C)n1nc(N2CCCCC2CNc2cnc(C#N)cn2)ccc1=O. The summed E-state index contributed by atoms with van der Waals surface area (Å²) in [6, 6.07) is 5.64. The Bertz CT molecular complexity index is 838. The molecule has 0 saturated carbocycles. The van der Waals surface area contributed by atoms with E-state index in [0.717, 1.165) is 31.6 Å². The first kappa shape index (κ1) is 17.9. The molecule has 1 aliphatic rings. The molecular weight excluding hydrogens is 330 g/mol. The van der Waals surface area contributed by atoms with Gasteiger partial charge in [0.15, 0.2) is 5.69 Å². The van der Waals surface area contributed by atoms with Crippen LogP contribution in [0.25, 0.3) is 0 Å². The summed E-state index contributed by atoms with van der Waals surface area (Å²) in [5.74, 6) is 1.48. The zero-order valence-electron chi connectivity index (χ0n) is 15.1. The Morgan fingerprint density at radius 2 is 2.15 bits per heavy atom. The third kappa shape index (κ3) is 3.99.